The van der Waals surface area contributed by atoms with Crippen LogP contribution in [0.25, 0.3) is 22.2 Å². The Balaban J connectivity index is 2.26. The summed E-state index contributed by atoms with van der Waals surface area (Å²) in [5.74, 6) is 0.848. The number of hydrogen-bond donors (Lipinski definition) is 1. The largest absolute Gasteiger partial charge is 0.494 e. The molecule has 3 aromatic rings. The van der Waals surface area contributed by atoms with Crippen molar-refractivity contribution in [1.82, 2.24) is 4.57 Å². The summed E-state index contributed by atoms with van der Waals surface area (Å²) in [6.07, 6.45) is 0.968. The maximum Gasteiger partial charge on any atom is 0.121 e. The van der Waals surface area contributed by atoms with Gasteiger partial charge in [-0.25, -0.2) is 0 Å². The molecule has 0 saturated carbocycles. The highest BCUT2D eigenvalue weighted by atomic mass is 16.5. The number of fused-ring (bicyclic) bond motifs is 1. The van der Waals surface area contributed by atoms with Crippen molar-refractivity contribution < 1.29 is 4.74 Å². The van der Waals surface area contributed by atoms with E-state index in [0.29, 0.717) is 12.2 Å². The van der Waals surface area contributed by atoms with Gasteiger partial charge in [0.1, 0.15) is 11.8 Å². The van der Waals surface area contributed by atoms with Gasteiger partial charge in [-0.1, -0.05) is 19.1 Å². The van der Waals surface area contributed by atoms with Crippen LogP contribution in [0.3, 0.4) is 0 Å². The van der Waals surface area contributed by atoms with Crippen molar-refractivity contribution in [3.63, 3.8) is 0 Å². The van der Waals surface area contributed by atoms with E-state index < -0.39 is 0 Å². The van der Waals surface area contributed by atoms with Gasteiger partial charge in [-0.15, -0.1) is 0 Å². The number of anilines is 1. The molecule has 0 fully saturated rings. The van der Waals surface area contributed by atoms with Gasteiger partial charge in [0.05, 0.1) is 23.4 Å². The number of rotatable bonds is 6. The third-order valence-electron chi connectivity index (χ3n) is 4.52. The molecule has 4 heteroatoms. The van der Waals surface area contributed by atoms with E-state index in [0.717, 1.165) is 40.0 Å². The SMILES string of the molecule is CCCOc1ccc2c(C#N)c(-c3ccc(NC)cc3)n(C(C)C)c2c1. The first-order valence-electron chi connectivity index (χ1n) is 9.09. The highest BCUT2D eigenvalue weighted by Gasteiger charge is 2.20. The van der Waals surface area contributed by atoms with Crippen molar-refractivity contribution in [2.45, 2.75) is 33.2 Å². The Labute approximate surface area is 155 Å². The Morgan fingerprint density at radius 2 is 1.88 bits per heavy atom. The zero-order valence-corrected chi connectivity index (χ0v) is 15.8. The smallest absolute Gasteiger partial charge is 0.121 e. The molecule has 26 heavy (non-hydrogen) atoms. The van der Waals surface area contributed by atoms with E-state index in [1.165, 1.54) is 0 Å². The summed E-state index contributed by atoms with van der Waals surface area (Å²) in [7, 11) is 1.90. The molecule has 0 atom stereocenters. The highest BCUT2D eigenvalue weighted by Crippen LogP contribution is 2.37. The first kappa shape index (κ1) is 17.9. The molecule has 0 unspecified atom stereocenters. The van der Waals surface area contributed by atoms with Crippen molar-refractivity contribution >= 4 is 16.6 Å². The summed E-state index contributed by atoms with van der Waals surface area (Å²) in [5.41, 5.74) is 4.81. The summed E-state index contributed by atoms with van der Waals surface area (Å²) >= 11 is 0. The maximum absolute atomic E-state index is 9.88. The van der Waals surface area contributed by atoms with Crippen LogP contribution in [-0.2, 0) is 0 Å². The number of aromatic nitrogens is 1. The zero-order valence-electron chi connectivity index (χ0n) is 15.8. The second-order valence-electron chi connectivity index (χ2n) is 6.65. The lowest BCUT2D eigenvalue weighted by atomic mass is 10.1. The van der Waals surface area contributed by atoms with Crippen molar-refractivity contribution in [2.75, 3.05) is 19.0 Å². The number of hydrogen-bond acceptors (Lipinski definition) is 3. The molecule has 1 N–H and O–H groups in total. The van der Waals surface area contributed by atoms with E-state index in [4.69, 9.17) is 4.74 Å². The number of benzene rings is 2. The minimum atomic E-state index is 0.222. The predicted octanol–water partition coefficient (Wildman–Crippen LogP) is 5.59. The lowest BCUT2D eigenvalue weighted by molar-refractivity contribution is 0.317. The van der Waals surface area contributed by atoms with E-state index in [2.05, 4.69) is 54.9 Å². The summed E-state index contributed by atoms with van der Waals surface area (Å²) in [6, 6.07) is 16.9. The molecule has 0 amide bonds. The normalized spacial score (nSPS) is 10.9. The van der Waals surface area contributed by atoms with Crippen LogP contribution in [0.4, 0.5) is 5.69 Å². The van der Waals surface area contributed by atoms with Crippen LogP contribution in [0, 0.1) is 11.3 Å². The third-order valence-corrected chi connectivity index (χ3v) is 4.52. The van der Waals surface area contributed by atoms with Gasteiger partial charge in [0.15, 0.2) is 0 Å². The number of nitrogens with one attached hydrogen (secondary N) is 1. The average Bonchev–Trinajstić information content (AvgIpc) is 3.00. The lowest BCUT2D eigenvalue weighted by Gasteiger charge is -2.16. The molecule has 0 spiro atoms. The Bertz CT molecular complexity index is 946. The van der Waals surface area contributed by atoms with Crippen LogP contribution in [0.2, 0.25) is 0 Å². The van der Waals surface area contributed by atoms with Crippen LogP contribution in [0.5, 0.6) is 5.75 Å². The fourth-order valence-corrected chi connectivity index (χ4v) is 3.33. The summed E-state index contributed by atoms with van der Waals surface area (Å²) in [6.45, 7) is 7.07. The van der Waals surface area contributed by atoms with E-state index >= 15 is 0 Å². The van der Waals surface area contributed by atoms with E-state index in [1.807, 2.05) is 31.3 Å². The predicted molar refractivity (Wildman–Crippen MR) is 108 cm³/mol. The molecule has 3 rings (SSSR count). The maximum atomic E-state index is 9.88. The van der Waals surface area contributed by atoms with E-state index in [9.17, 15) is 5.26 Å². The van der Waals surface area contributed by atoms with Gasteiger partial charge in [-0.05, 0) is 50.1 Å². The molecular weight excluding hydrogens is 322 g/mol. The molecule has 0 aliphatic carbocycles. The molecule has 0 aliphatic heterocycles. The summed E-state index contributed by atoms with van der Waals surface area (Å²) in [5, 5.41) is 14.0. The number of nitrogens with zero attached hydrogens (tertiary/aromatic N) is 2. The second-order valence-corrected chi connectivity index (χ2v) is 6.65. The highest BCUT2D eigenvalue weighted by molar-refractivity contribution is 5.95. The third kappa shape index (κ3) is 3.13. The fourth-order valence-electron chi connectivity index (χ4n) is 3.33. The minimum Gasteiger partial charge on any atom is -0.494 e. The Morgan fingerprint density at radius 3 is 2.46 bits per heavy atom. The number of nitriles is 1. The van der Waals surface area contributed by atoms with Crippen molar-refractivity contribution in [2.24, 2.45) is 0 Å². The van der Waals surface area contributed by atoms with Crippen molar-refractivity contribution in [3.05, 3.63) is 48.0 Å². The van der Waals surface area contributed by atoms with Gasteiger partial charge >= 0.3 is 0 Å². The quantitative estimate of drug-likeness (QED) is 0.632. The van der Waals surface area contributed by atoms with Crippen LogP contribution in [0.15, 0.2) is 42.5 Å². The first-order valence-corrected chi connectivity index (χ1v) is 9.09. The Hall–Kier alpha value is -2.93. The number of ether oxygens (including phenoxy) is 1. The van der Waals surface area contributed by atoms with Gasteiger partial charge in [0.25, 0.3) is 0 Å². The van der Waals surface area contributed by atoms with Crippen LogP contribution in [-0.4, -0.2) is 18.2 Å². The molecule has 1 heterocycles. The molecule has 0 aliphatic rings. The zero-order chi connectivity index (χ0) is 18.7. The molecule has 0 bridgehead atoms. The van der Waals surface area contributed by atoms with Gasteiger partial charge in [-0.2, -0.15) is 5.26 Å². The van der Waals surface area contributed by atoms with Gasteiger partial charge in [-0.3, -0.25) is 0 Å². The monoisotopic (exact) mass is 347 g/mol. The molecule has 1 aromatic heterocycles. The van der Waals surface area contributed by atoms with Crippen molar-refractivity contribution in [3.8, 4) is 23.1 Å². The second kappa shape index (κ2) is 7.53. The molecule has 0 saturated heterocycles. The Morgan fingerprint density at radius 1 is 1.15 bits per heavy atom. The topological polar surface area (TPSA) is 50.0 Å². The molecular formula is C22H25N3O. The van der Waals surface area contributed by atoms with Gasteiger partial charge in [0, 0.05) is 30.2 Å². The Kier molecular flexibility index (Phi) is 5.18. The fraction of sp³-hybridized carbons (Fsp3) is 0.318. The summed E-state index contributed by atoms with van der Waals surface area (Å²) in [4.78, 5) is 0. The standard InChI is InChI=1S/C22H25N3O/c1-5-12-26-18-10-11-19-20(14-23)22(25(15(2)3)21(19)13-18)16-6-8-17(24-4)9-7-16/h6-11,13,15,24H,5,12H2,1-4H3. The molecule has 2 aromatic carbocycles. The van der Waals surface area contributed by atoms with Crippen LogP contribution >= 0.6 is 0 Å². The van der Waals surface area contributed by atoms with E-state index in [-0.39, 0.29) is 6.04 Å². The molecule has 0 radical (unpaired) electrons. The van der Waals surface area contributed by atoms with E-state index in [1.54, 1.807) is 0 Å². The minimum absolute atomic E-state index is 0.222. The van der Waals surface area contributed by atoms with Gasteiger partial charge < -0.3 is 14.6 Å². The lowest BCUT2D eigenvalue weighted by Crippen LogP contribution is -2.03. The average molecular weight is 347 g/mol. The molecule has 4 nitrogen and oxygen atoms in total. The summed E-state index contributed by atoms with van der Waals surface area (Å²) < 4.78 is 8.05. The van der Waals surface area contributed by atoms with Gasteiger partial charge in [0.2, 0.25) is 0 Å². The van der Waals surface area contributed by atoms with Crippen LogP contribution < -0.4 is 10.1 Å². The van der Waals surface area contributed by atoms with Crippen molar-refractivity contribution in [1.29, 1.82) is 5.26 Å². The molecule has 134 valence electrons. The first-order chi connectivity index (χ1) is 12.6. The van der Waals surface area contributed by atoms with Crippen LogP contribution in [0.1, 0.15) is 38.8 Å².